The van der Waals surface area contributed by atoms with Crippen molar-refractivity contribution in [2.24, 2.45) is 5.84 Å². The maximum Gasteiger partial charge on any atom is 0.242 e. The van der Waals surface area contributed by atoms with Crippen molar-refractivity contribution in [2.75, 3.05) is 5.75 Å². The second-order valence-corrected chi connectivity index (χ2v) is 5.19. The van der Waals surface area contributed by atoms with E-state index >= 15 is 0 Å². The Morgan fingerprint density at radius 1 is 1.05 bits per heavy atom. The maximum absolute atomic E-state index is 11.9. The van der Waals surface area contributed by atoms with Crippen LogP contribution in [0.3, 0.4) is 0 Å². The molecule has 0 aromatic heterocycles. The van der Waals surface area contributed by atoms with Crippen molar-refractivity contribution in [1.82, 2.24) is 5.43 Å². The second kappa shape index (κ2) is 6.97. The predicted molar refractivity (Wildman–Crippen MR) is 78.7 cm³/mol. The molecule has 0 heterocycles. The van der Waals surface area contributed by atoms with Crippen molar-refractivity contribution in [2.45, 2.75) is 10.8 Å². The smallest absolute Gasteiger partial charge is 0.242 e. The molecular formula is C15H16N2OS. The third-order valence-electron chi connectivity index (χ3n) is 2.82. The van der Waals surface area contributed by atoms with Crippen molar-refractivity contribution in [3.63, 3.8) is 0 Å². The zero-order chi connectivity index (χ0) is 13.5. The van der Waals surface area contributed by atoms with E-state index in [1.54, 1.807) is 11.8 Å². The number of rotatable bonds is 5. The number of carbonyl (C=O) groups is 1. The van der Waals surface area contributed by atoms with E-state index in [4.69, 9.17) is 5.84 Å². The van der Waals surface area contributed by atoms with Crippen LogP contribution in [0.1, 0.15) is 11.5 Å². The molecule has 2 rings (SSSR count). The van der Waals surface area contributed by atoms with Gasteiger partial charge in [0.15, 0.2) is 0 Å². The molecule has 0 spiro atoms. The fourth-order valence-corrected chi connectivity index (χ4v) is 2.86. The van der Waals surface area contributed by atoms with Gasteiger partial charge in [-0.2, -0.15) is 0 Å². The van der Waals surface area contributed by atoms with Crippen molar-refractivity contribution in [3.8, 4) is 0 Å². The number of amides is 1. The maximum atomic E-state index is 11.9. The van der Waals surface area contributed by atoms with Gasteiger partial charge in [-0.1, -0.05) is 48.5 Å². The zero-order valence-corrected chi connectivity index (χ0v) is 11.3. The van der Waals surface area contributed by atoms with E-state index in [-0.39, 0.29) is 11.8 Å². The molecule has 2 aromatic rings. The van der Waals surface area contributed by atoms with Gasteiger partial charge in [-0.15, -0.1) is 11.8 Å². The number of nitrogens with two attached hydrogens (primary N) is 1. The fraction of sp³-hybridized carbons (Fsp3) is 0.133. The summed E-state index contributed by atoms with van der Waals surface area (Å²) in [6.07, 6.45) is 0. The molecule has 1 unspecified atom stereocenters. The summed E-state index contributed by atoms with van der Waals surface area (Å²) in [4.78, 5) is 13.0. The Bertz CT molecular complexity index is 516. The van der Waals surface area contributed by atoms with Gasteiger partial charge in [0, 0.05) is 10.6 Å². The topological polar surface area (TPSA) is 55.1 Å². The summed E-state index contributed by atoms with van der Waals surface area (Å²) in [6, 6.07) is 19.7. The molecule has 0 bridgehead atoms. The van der Waals surface area contributed by atoms with E-state index in [2.05, 4.69) is 5.43 Å². The lowest BCUT2D eigenvalue weighted by molar-refractivity contribution is -0.122. The van der Waals surface area contributed by atoms with Crippen LogP contribution in [0.2, 0.25) is 0 Å². The van der Waals surface area contributed by atoms with Crippen molar-refractivity contribution < 1.29 is 4.79 Å². The highest BCUT2D eigenvalue weighted by Gasteiger charge is 2.19. The second-order valence-electron chi connectivity index (χ2n) is 4.10. The molecule has 0 aliphatic carbocycles. The molecule has 1 amide bonds. The molecule has 98 valence electrons. The van der Waals surface area contributed by atoms with Gasteiger partial charge in [0.05, 0.1) is 5.92 Å². The summed E-state index contributed by atoms with van der Waals surface area (Å²) in [5.74, 6) is 5.54. The summed E-state index contributed by atoms with van der Waals surface area (Å²) in [6.45, 7) is 0. The molecule has 3 nitrogen and oxygen atoms in total. The lowest BCUT2D eigenvalue weighted by Crippen LogP contribution is -2.35. The minimum Gasteiger partial charge on any atom is -0.294 e. The molecular weight excluding hydrogens is 256 g/mol. The van der Waals surface area contributed by atoms with E-state index in [9.17, 15) is 4.79 Å². The Kier molecular flexibility index (Phi) is 5.01. The number of hydrogen-bond acceptors (Lipinski definition) is 3. The summed E-state index contributed by atoms with van der Waals surface area (Å²) in [5.41, 5.74) is 3.23. The Balaban J connectivity index is 2.09. The summed E-state index contributed by atoms with van der Waals surface area (Å²) >= 11 is 1.65. The van der Waals surface area contributed by atoms with Gasteiger partial charge in [-0.3, -0.25) is 10.2 Å². The molecule has 0 saturated carbocycles. The standard InChI is InChI=1S/C15H16N2OS/c16-17-15(18)14(12-7-3-1-4-8-12)11-19-13-9-5-2-6-10-13/h1-10,14H,11,16H2,(H,17,18). The molecule has 3 N–H and O–H groups in total. The Morgan fingerprint density at radius 2 is 1.63 bits per heavy atom. The van der Waals surface area contributed by atoms with E-state index in [1.165, 1.54) is 0 Å². The highest BCUT2D eigenvalue weighted by atomic mass is 32.2. The first-order valence-corrected chi connectivity index (χ1v) is 7.03. The van der Waals surface area contributed by atoms with Crippen LogP contribution in [-0.4, -0.2) is 11.7 Å². The van der Waals surface area contributed by atoms with Gasteiger partial charge in [0.1, 0.15) is 0 Å². The number of carbonyl (C=O) groups excluding carboxylic acids is 1. The van der Waals surface area contributed by atoms with E-state index in [1.807, 2.05) is 60.7 Å². The Hall–Kier alpha value is -1.78. The number of hydrogen-bond donors (Lipinski definition) is 2. The van der Waals surface area contributed by atoms with E-state index in [0.717, 1.165) is 10.5 Å². The first-order valence-electron chi connectivity index (χ1n) is 6.04. The third-order valence-corrected chi connectivity index (χ3v) is 3.93. The van der Waals surface area contributed by atoms with Crippen LogP contribution in [-0.2, 0) is 4.79 Å². The largest absolute Gasteiger partial charge is 0.294 e. The highest BCUT2D eigenvalue weighted by molar-refractivity contribution is 7.99. The van der Waals surface area contributed by atoms with Crippen LogP contribution in [0.15, 0.2) is 65.6 Å². The first-order chi connectivity index (χ1) is 9.31. The van der Waals surface area contributed by atoms with Gasteiger partial charge in [-0.25, -0.2) is 5.84 Å². The average molecular weight is 272 g/mol. The molecule has 0 aliphatic heterocycles. The number of nitrogens with one attached hydrogen (secondary N) is 1. The van der Waals surface area contributed by atoms with Crippen molar-refractivity contribution >= 4 is 17.7 Å². The van der Waals surface area contributed by atoms with E-state index in [0.29, 0.717) is 5.75 Å². The van der Waals surface area contributed by atoms with Crippen LogP contribution in [0.5, 0.6) is 0 Å². The first kappa shape index (κ1) is 13.6. The van der Waals surface area contributed by atoms with Crippen LogP contribution in [0.4, 0.5) is 0 Å². The lowest BCUT2D eigenvalue weighted by Gasteiger charge is -2.15. The van der Waals surface area contributed by atoms with Crippen molar-refractivity contribution in [3.05, 3.63) is 66.2 Å². The average Bonchev–Trinajstić information content (AvgIpc) is 2.49. The van der Waals surface area contributed by atoms with Crippen LogP contribution < -0.4 is 11.3 Å². The Morgan fingerprint density at radius 3 is 2.21 bits per heavy atom. The fourth-order valence-electron chi connectivity index (χ4n) is 1.81. The van der Waals surface area contributed by atoms with Gasteiger partial charge in [0.25, 0.3) is 0 Å². The lowest BCUT2D eigenvalue weighted by atomic mass is 10.0. The molecule has 0 fully saturated rings. The minimum atomic E-state index is -0.239. The predicted octanol–water partition coefficient (Wildman–Crippen LogP) is 2.55. The van der Waals surface area contributed by atoms with Crippen LogP contribution in [0, 0.1) is 0 Å². The SMILES string of the molecule is NNC(=O)C(CSc1ccccc1)c1ccccc1. The van der Waals surface area contributed by atoms with Crippen LogP contribution >= 0.6 is 11.8 Å². The van der Waals surface area contributed by atoms with Gasteiger partial charge in [0.2, 0.25) is 5.91 Å². The van der Waals surface area contributed by atoms with Crippen LogP contribution in [0.25, 0.3) is 0 Å². The number of benzene rings is 2. The van der Waals surface area contributed by atoms with Crippen molar-refractivity contribution in [1.29, 1.82) is 0 Å². The minimum absolute atomic E-state index is 0.158. The molecule has 0 radical (unpaired) electrons. The summed E-state index contributed by atoms with van der Waals surface area (Å²) in [7, 11) is 0. The summed E-state index contributed by atoms with van der Waals surface area (Å²) < 4.78 is 0. The highest BCUT2D eigenvalue weighted by Crippen LogP contribution is 2.26. The monoisotopic (exact) mass is 272 g/mol. The molecule has 19 heavy (non-hydrogen) atoms. The quantitative estimate of drug-likeness (QED) is 0.381. The normalized spacial score (nSPS) is 11.8. The van der Waals surface area contributed by atoms with E-state index < -0.39 is 0 Å². The zero-order valence-electron chi connectivity index (χ0n) is 10.5. The molecule has 2 aromatic carbocycles. The summed E-state index contributed by atoms with van der Waals surface area (Å²) in [5, 5.41) is 0. The molecule has 1 atom stereocenters. The third kappa shape index (κ3) is 3.84. The molecule has 4 heteroatoms. The number of hydrazine groups is 1. The molecule has 0 aliphatic rings. The Labute approximate surface area is 117 Å². The van der Waals surface area contributed by atoms with Gasteiger partial charge >= 0.3 is 0 Å². The van der Waals surface area contributed by atoms with Gasteiger partial charge < -0.3 is 0 Å². The van der Waals surface area contributed by atoms with Gasteiger partial charge in [-0.05, 0) is 17.7 Å². The number of thioether (sulfide) groups is 1. The molecule has 0 saturated heterocycles.